The third-order valence-electron chi connectivity index (χ3n) is 2.53. The Morgan fingerprint density at radius 3 is 2.74 bits per heavy atom. The second-order valence-electron chi connectivity index (χ2n) is 3.97. The number of hydrogen-bond donors (Lipinski definition) is 1. The lowest BCUT2D eigenvalue weighted by Gasteiger charge is -2.09. The van der Waals surface area contributed by atoms with Crippen molar-refractivity contribution in [2.75, 3.05) is 11.9 Å². The van der Waals surface area contributed by atoms with Crippen molar-refractivity contribution >= 4 is 27.5 Å². The van der Waals surface area contributed by atoms with Gasteiger partial charge in [0.2, 0.25) is 0 Å². The van der Waals surface area contributed by atoms with Crippen LogP contribution in [-0.4, -0.2) is 12.5 Å². The van der Waals surface area contributed by atoms with Crippen LogP contribution < -0.4 is 10.1 Å². The number of aryl methyl sites for hydroxylation is 1. The average molecular weight is 324 g/mol. The smallest absolute Gasteiger partial charge is 0.291 e. The molecule has 2 aromatic rings. The van der Waals surface area contributed by atoms with E-state index in [0.717, 1.165) is 11.3 Å². The fourth-order valence-electron chi connectivity index (χ4n) is 1.67. The van der Waals surface area contributed by atoms with E-state index in [0.29, 0.717) is 17.0 Å². The number of amides is 1. The highest BCUT2D eigenvalue weighted by molar-refractivity contribution is 9.10. The van der Waals surface area contributed by atoms with Crippen LogP contribution in [0.15, 0.2) is 39.4 Å². The molecule has 0 fully saturated rings. The zero-order valence-electron chi connectivity index (χ0n) is 10.7. The van der Waals surface area contributed by atoms with Gasteiger partial charge >= 0.3 is 0 Å². The Morgan fingerprint density at radius 1 is 1.37 bits per heavy atom. The molecule has 0 aliphatic heterocycles. The summed E-state index contributed by atoms with van der Waals surface area (Å²) in [6.07, 6.45) is 0. The molecule has 1 N–H and O–H groups in total. The Labute approximate surface area is 119 Å². The van der Waals surface area contributed by atoms with Crippen LogP contribution in [0.1, 0.15) is 23.0 Å². The van der Waals surface area contributed by atoms with E-state index >= 15 is 0 Å². The zero-order chi connectivity index (χ0) is 13.8. The molecule has 1 aromatic heterocycles. The minimum Gasteiger partial charge on any atom is -0.494 e. The number of ether oxygens (including phenoxy) is 1. The molecular weight excluding hydrogens is 310 g/mol. The Kier molecular flexibility index (Phi) is 4.27. The summed E-state index contributed by atoms with van der Waals surface area (Å²) in [6.45, 7) is 4.49. The third-order valence-corrected chi connectivity index (χ3v) is 2.96. The molecule has 0 saturated heterocycles. The van der Waals surface area contributed by atoms with Crippen molar-refractivity contribution in [3.05, 3.63) is 46.3 Å². The van der Waals surface area contributed by atoms with Crippen molar-refractivity contribution < 1.29 is 13.9 Å². The van der Waals surface area contributed by atoms with Gasteiger partial charge in [-0.3, -0.25) is 4.79 Å². The number of anilines is 1. The fraction of sp³-hybridized carbons (Fsp3) is 0.214. The standard InChI is InChI=1S/C14H14BrNO3/c1-3-18-11-5-4-10(8-9(11)2)16-14(17)12-6-7-13(15)19-12/h4-8H,3H2,1-2H3,(H,16,17). The molecule has 19 heavy (non-hydrogen) atoms. The summed E-state index contributed by atoms with van der Waals surface area (Å²) in [5.74, 6) is 0.800. The van der Waals surface area contributed by atoms with Gasteiger partial charge in [0.05, 0.1) is 6.61 Å². The summed E-state index contributed by atoms with van der Waals surface area (Å²) >= 11 is 3.16. The minimum absolute atomic E-state index is 0.262. The van der Waals surface area contributed by atoms with Gasteiger partial charge in [0.25, 0.3) is 5.91 Å². The second kappa shape index (κ2) is 5.93. The second-order valence-corrected chi connectivity index (χ2v) is 4.75. The van der Waals surface area contributed by atoms with Gasteiger partial charge < -0.3 is 14.5 Å². The average Bonchev–Trinajstić information content (AvgIpc) is 2.80. The monoisotopic (exact) mass is 323 g/mol. The quantitative estimate of drug-likeness (QED) is 0.925. The summed E-state index contributed by atoms with van der Waals surface area (Å²) in [4.78, 5) is 11.9. The van der Waals surface area contributed by atoms with Gasteiger partial charge in [-0.15, -0.1) is 0 Å². The normalized spacial score (nSPS) is 10.3. The van der Waals surface area contributed by atoms with Crippen molar-refractivity contribution in [2.24, 2.45) is 0 Å². The number of carbonyl (C=O) groups excluding carboxylic acids is 1. The highest BCUT2D eigenvalue weighted by Crippen LogP contribution is 2.23. The first-order valence-electron chi connectivity index (χ1n) is 5.90. The maximum atomic E-state index is 11.9. The molecular formula is C14H14BrNO3. The molecule has 2 rings (SSSR count). The fourth-order valence-corrected chi connectivity index (χ4v) is 1.98. The molecule has 0 radical (unpaired) electrons. The molecule has 4 nitrogen and oxygen atoms in total. The third kappa shape index (κ3) is 3.38. The lowest BCUT2D eigenvalue weighted by atomic mass is 10.2. The van der Waals surface area contributed by atoms with E-state index in [-0.39, 0.29) is 11.7 Å². The van der Waals surface area contributed by atoms with Crippen LogP contribution in [0.4, 0.5) is 5.69 Å². The van der Waals surface area contributed by atoms with Crippen molar-refractivity contribution in [3.8, 4) is 5.75 Å². The minimum atomic E-state index is -0.283. The molecule has 0 bridgehead atoms. The lowest BCUT2D eigenvalue weighted by molar-refractivity contribution is 0.0995. The summed E-state index contributed by atoms with van der Waals surface area (Å²) in [5, 5.41) is 2.77. The molecule has 0 spiro atoms. The van der Waals surface area contributed by atoms with E-state index in [1.54, 1.807) is 18.2 Å². The van der Waals surface area contributed by atoms with Crippen LogP contribution in [0.2, 0.25) is 0 Å². The molecule has 100 valence electrons. The molecule has 0 saturated carbocycles. The summed E-state index contributed by atoms with van der Waals surface area (Å²) in [6, 6.07) is 8.79. The molecule has 1 amide bonds. The van der Waals surface area contributed by atoms with Crippen molar-refractivity contribution in [3.63, 3.8) is 0 Å². The first-order chi connectivity index (χ1) is 9.10. The molecule has 0 aliphatic carbocycles. The maximum absolute atomic E-state index is 11.9. The van der Waals surface area contributed by atoms with Crippen molar-refractivity contribution in [2.45, 2.75) is 13.8 Å². The topological polar surface area (TPSA) is 51.5 Å². The van der Waals surface area contributed by atoms with Gasteiger partial charge in [0.1, 0.15) is 5.75 Å². The molecule has 1 heterocycles. The van der Waals surface area contributed by atoms with E-state index in [4.69, 9.17) is 9.15 Å². The predicted molar refractivity (Wildman–Crippen MR) is 76.7 cm³/mol. The van der Waals surface area contributed by atoms with Crippen LogP contribution in [0.3, 0.4) is 0 Å². The zero-order valence-corrected chi connectivity index (χ0v) is 12.3. The number of nitrogens with one attached hydrogen (secondary N) is 1. The number of benzene rings is 1. The Bertz CT molecular complexity index is 592. The van der Waals surface area contributed by atoms with E-state index in [1.807, 2.05) is 26.0 Å². The predicted octanol–water partition coefficient (Wildman–Crippen LogP) is 4.00. The first-order valence-corrected chi connectivity index (χ1v) is 6.69. The van der Waals surface area contributed by atoms with Gasteiger partial charge in [0, 0.05) is 5.69 Å². The SMILES string of the molecule is CCOc1ccc(NC(=O)c2ccc(Br)o2)cc1C. The summed E-state index contributed by atoms with van der Waals surface area (Å²) < 4.78 is 11.2. The number of rotatable bonds is 4. The highest BCUT2D eigenvalue weighted by atomic mass is 79.9. The summed E-state index contributed by atoms with van der Waals surface area (Å²) in [5.41, 5.74) is 1.68. The maximum Gasteiger partial charge on any atom is 0.291 e. The van der Waals surface area contributed by atoms with Crippen LogP contribution >= 0.6 is 15.9 Å². The molecule has 5 heteroatoms. The van der Waals surface area contributed by atoms with Crippen LogP contribution in [-0.2, 0) is 0 Å². The largest absolute Gasteiger partial charge is 0.494 e. The van der Waals surface area contributed by atoms with Gasteiger partial charge in [-0.05, 0) is 65.7 Å². The number of halogens is 1. The Hall–Kier alpha value is -1.75. The molecule has 0 unspecified atom stereocenters. The van der Waals surface area contributed by atoms with Gasteiger partial charge in [-0.1, -0.05) is 0 Å². The lowest BCUT2D eigenvalue weighted by Crippen LogP contribution is -2.11. The number of furan rings is 1. The molecule has 0 aliphatic rings. The van der Waals surface area contributed by atoms with E-state index in [9.17, 15) is 4.79 Å². The van der Waals surface area contributed by atoms with Gasteiger partial charge in [0.15, 0.2) is 10.4 Å². The van der Waals surface area contributed by atoms with E-state index in [2.05, 4.69) is 21.2 Å². The Balaban J connectivity index is 2.11. The van der Waals surface area contributed by atoms with Gasteiger partial charge in [-0.25, -0.2) is 0 Å². The van der Waals surface area contributed by atoms with Crippen molar-refractivity contribution in [1.29, 1.82) is 0 Å². The van der Waals surface area contributed by atoms with Gasteiger partial charge in [-0.2, -0.15) is 0 Å². The first kappa shape index (κ1) is 13.7. The van der Waals surface area contributed by atoms with Crippen LogP contribution in [0.5, 0.6) is 5.75 Å². The van der Waals surface area contributed by atoms with E-state index < -0.39 is 0 Å². The number of hydrogen-bond acceptors (Lipinski definition) is 3. The summed E-state index contributed by atoms with van der Waals surface area (Å²) in [7, 11) is 0. The van der Waals surface area contributed by atoms with Crippen LogP contribution in [0.25, 0.3) is 0 Å². The highest BCUT2D eigenvalue weighted by Gasteiger charge is 2.11. The Morgan fingerprint density at radius 2 is 2.16 bits per heavy atom. The number of carbonyl (C=O) groups is 1. The molecule has 0 atom stereocenters. The van der Waals surface area contributed by atoms with Crippen LogP contribution in [0, 0.1) is 6.92 Å². The molecule has 1 aromatic carbocycles. The van der Waals surface area contributed by atoms with Crippen molar-refractivity contribution in [1.82, 2.24) is 0 Å². The van der Waals surface area contributed by atoms with E-state index in [1.165, 1.54) is 0 Å².